The van der Waals surface area contributed by atoms with Gasteiger partial charge in [-0.15, -0.1) is 0 Å². The molecule has 7 nitrogen and oxygen atoms in total. The summed E-state index contributed by atoms with van der Waals surface area (Å²) in [4.78, 5) is 17.9. The molecule has 0 saturated heterocycles. The first-order valence-corrected chi connectivity index (χ1v) is 11.8. The number of halogens is 1. The maximum Gasteiger partial charge on any atom is 0.412 e. The van der Waals surface area contributed by atoms with Gasteiger partial charge in [-0.05, 0) is 67.7 Å². The van der Waals surface area contributed by atoms with Crippen LogP contribution in [-0.2, 0) is 22.6 Å². The molecule has 1 amide bonds. The minimum atomic E-state index is -0.579. The predicted octanol–water partition coefficient (Wildman–Crippen LogP) is 5.66. The van der Waals surface area contributed by atoms with E-state index in [4.69, 9.17) is 4.74 Å². The van der Waals surface area contributed by atoms with Gasteiger partial charge in [-0.1, -0.05) is 26.0 Å². The summed E-state index contributed by atoms with van der Waals surface area (Å²) in [6, 6.07) is 12.8. The van der Waals surface area contributed by atoms with Crippen molar-refractivity contribution in [1.82, 2.24) is 9.88 Å². The summed E-state index contributed by atoms with van der Waals surface area (Å²) in [6.07, 6.45) is 2.09. The van der Waals surface area contributed by atoms with Gasteiger partial charge in [0, 0.05) is 35.9 Å². The Labute approximate surface area is 206 Å². The van der Waals surface area contributed by atoms with Crippen LogP contribution in [0.5, 0.6) is 0 Å². The SMILES string of the molecule is CCC(OCc1ccc(CNc2ccc3c(NC(=O)OC)nccc3c2)c(F)c1)C(C)CN(C)C. The molecular weight excluding hydrogens is 447 g/mol. The van der Waals surface area contributed by atoms with E-state index in [0.717, 1.165) is 35.0 Å². The molecule has 2 atom stereocenters. The van der Waals surface area contributed by atoms with E-state index in [2.05, 4.69) is 53.2 Å². The van der Waals surface area contributed by atoms with Crippen LogP contribution in [0.2, 0.25) is 0 Å². The van der Waals surface area contributed by atoms with E-state index in [1.165, 1.54) is 7.11 Å². The fraction of sp³-hybridized carbons (Fsp3) is 0.407. The van der Waals surface area contributed by atoms with Crippen molar-refractivity contribution < 1.29 is 18.7 Å². The summed E-state index contributed by atoms with van der Waals surface area (Å²) in [7, 11) is 5.41. The number of ether oxygens (including phenoxy) is 2. The van der Waals surface area contributed by atoms with Gasteiger partial charge in [0.2, 0.25) is 0 Å². The smallest absolute Gasteiger partial charge is 0.412 e. The number of fused-ring (bicyclic) bond motifs is 1. The molecule has 0 radical (unpaired) electrons. The fourth-order valence-electron chi connectivity index (χ4n) is 4.14. The predicted molar refractivity (Wildman–Crippen MR) is 138 cm³/mol. The number of benzene rings is 2. The molecule has 1 heterocycles. The first kappa shape index (κ1) is 26.4. The van der Waals surface area contributed by atoms with E-state index in [-0.39, 0.29) is 11.9 Å². The third-order valence-corrected chi connectivity index (χ3v) is 5.92. The summed E-state index contributed by atoms with van der Waals surface area (Å²) in [6.45, 7) is 5.98. The number of nitrogens with one attached hydrogen (secondary N) is 2. The van der Waals surface area contributed by atoms with E-state index < -0.39 is 6.09 Å². The van der Waals surface area contributed by atoms with Gasteiger partial charge >= 0.3 is 6.09 Å². The molecular formula is C27H35FN4O3. The lowest BCUT2D eigenvalue weighted by atomic mass is 10.0. The van der Waals surface area contributed by atoms with E-state index in [1.807, 2.05) is 30.3 Å². The van der Waals surface area contributed by atoms with Crippen LogP contribution in [0.15, 0.2) is 48.7 Å². The molecule has 0 aliphatic rings. The molecule has 0 saturated carbocycles. The molecule has 2 unspecified atom stereocenters. The third-order valence-electron chi connectivity index (χ3n) is 5.92. The van der Waals surface area contributed by atoms with Crippen LogP contribution in [0.25, 0.3) is 10.8 Å². The zero-order chi connectivity index (χ0) is 25.4. The van der Waals surface area contributed by atoms with Gasteiger partial charge in [-0.25, -0.2) is 14.2 Å². The number of nitrogens with zero attached hydrogens (tertiary/aromatic N) is 2. The lowest BCUT2D eigenvalue weighted by Gasteiger charge is -2.26. The second-order valence-corrected chi connectivity index (χ2v) is 8.99. The highest BCUT2D eigenvalue weighted by molar-refractivity contribution is 5.99. The summed E-state index contributed by atoms with van der Waals surface area (Å²) in [5.41, 5.74) is 2.23. The normalized spacial score (nSPS) is 13.0. The number of anilines is 2. The molecule has 2 aromatic carbocycles. The number of carbonyl (C=O) groups excluding carboxylic acids is 1. The Morgan fingerprint density at radius 2 is 1.97 bits per heavy atom. The molecule has 0 aliphatic carbocycles. The lowest BCUT2D eigenvalue weighted by molar-refractivity contribution is -0.00292. The quantitative estimate of drug-likeness (QED) is 0.367. The van der Waals surface area contributed by atoms with Crippen LogP contribution in [-0.4, -0.2) is 49.8 Å². The molecule has 2 N–H and O–H groups in total. The molecule has 3 rings (SSSR count). The zero-order valence-electron chi connectivity index (χ0n) is 21.1. The van der Waals surface area contributed by atoms with E-state index >= 15 is 0 Å². The Hall–Kier alpha value is -3.23. The molecule has 0 spiro atoms. The van der Waals surface area contributed by atoms with Gasteiger partial charge in [0.1, 0.15) is 11.6 Å². The first-order valence-electron chi connectivity index (χ1n) is 11.8. The van der Waals surface area contributed by atoms with Gasteiger partial charge < -0.3 is 19.7 Å². The number of pyridine rings is 1. The van der Waals surface area contributed by atoms with Gasteiger partial charge in [-0.3, -0.25) is 5.32 Å². The van der Waals surface area contributed by atoms with E-state index in [0.29, 0.717) is 30.5 Å². The van der Waals surface area contributed by atoms with Crippen LogP contribution in [0.1, 0.15) is 31.4 Å². The van der Waals surface area contributed by atoms with Crippen molar-refractivity contribution in [2.75, 3.05) is 38.4 Å². The second kappa shape index (κ2) is 12.5. The van der Waals surface area contributed by atoms with Crippen molar-refractivity contribution in [3.8, 4) is 0 Å². The summed E-state index contributed by atoms with van der Waals surface area (Å²) >= 11 is 0. The summed E-state index contributed by atoms with van der Waals surface area (Å²) < 4.78 is 25.5. The number of hydrogen-bond acceptors (Lipinski definition) is 6. The average molecular weight is 483 g/mol. The lowest BCUT2D eigenvalue weighted by Crippen LogP contribution is -2.30. The molecule has 188 valence electrons. The molecule has 3 aromatic rings. The average Bonchev–Trinajstić information content (AvgIpc) is 2.83. The standard InChI is InChI=1S/C27H35FN4O3/c1-6-25(18(2)16-32(3)4)35-17-19-7-8-21(24(28)13-19)15-30-22-9-10-23-20(14-22)11-12-29-26(23)31-27(33)34-5/h7-14,18,25,30H,6,15-17H2,1-5H3,(H,29,31,33). The van der Waals surface area contributed by atoms with Crippen LogP contribution >= 0.6 is 0 Å². The number of aromatic nitrogens is 1. The molecule has 1 aromatic heterocycles. The Balaban J connectivity index is 1.61. The maximum absolute atomic E-state index is 14.8. The molecule has 8 heteroatoms. The third kappa shape index (κ3) is 7.37. The van der Waals surface area contributed by atoms with Crippen LogP contribution in [0, 0.1) is 11.7 Å². The van der Waals surface area contributed by atoms with Gasteiger partial charge in [0.15, 0.2) is 0 Å². The van der Waals surface area contributed by atoms with Crippen molar-refractivity contribution in [1.29, 1.82) is 0 Å². The van der Waals surface area contributed by atoms with Crippen LogP contribution < -0.4 is 10.6 Å². The van der Waals surface area contributed by atoms with Gasteiger partial charge in [0.25, 0.3) is 0 Å². The molecule has 35 heavy (non-hydrogen) atoms. The van der Waals surface area contributed by atoms with Crippen molar-refractivity contribution >= 4 is 28.4 Å². The van der Waals surface area contributed by atoms with Gasteiger partial charge in [-0.2, -0.15) is 0 Å². The largest absolute Gasteiger partial charge is 0.453 e. The Bertz CT molecular complexity index is 1140. The number of hydrogen-bond donors (Lipinski definition) is 2. The highest BCUT2D eigenvalue weighted by Gasteiger charge is 2.17. The van der Waals surface area contributed by atoms with E-state index in [1.54, 1.807) is 18.3 Å². The maximum atomic E-state index is 14.8. The van der Waals surface area contributed by atoms with E-state index in [9.17, 15) is 9.18 Å². The van der Waals surface area contributed by atoms with Crippen molar-refractivity contribution in [3.63, 3.8) is 0 Å². The Kier molecular flexibility index (Phi) is 9.39. The summed E-state index contributed by atoms with van der Waals surface area (Å²) in [5, 5.41) is 7.54. The van der Waals surface area contributed by atoms with Crippen LogP contribution in [0.3, 0.4) is 0 Å². The molecule has 0 aliphatic heterocycles. The molecule has 0 fully saturated rings. The number of rotatable bonds is 11. The monoisotopic (exact) mass is 482 g/mol. The fourth-order valence-corrected chi connectivity index (χ4v) is 4.14. The van der Waals surface area contributed by atoms with Crippen molar-refractivity contribution in [3.05, 3.63) is 65.6 Å². The Morgan fingerprint density at radius 3 is 2.66 bits per heavy atom. The highest BCUT2D eigenvalue weighted by atomic mass is 19.1. The zero-order valence-corrected chi connectivity index (χ0v) is 21.1. The minimum Gasteiger partial charge on any atom is -0.453 e. The van der Waals surface area contributed by atoms with Crippen molar-refractivity contribution in [2.24, 2.45) is 5.92 Å². The minimum absolute atomic E-state index is 0.133. The second-order valence-electron chi connectivity index (χ2n) is 8.99. The number of amides is 1. The van der Waals surface area contributed by atoms with Crippen molar-refractivity contribution in [2.45, 2.75) is 39.5 Å². The molecule has 0 bridgehead atoms. The van der Waals surface area contributed by atoms with Crippen LogP contribution in [0.4, 0.5) is 20.7 Å². The highest BCUT2D eigenvalue weighted by Crippen LogP contribution is 2.25. The first-order chi connectivity index (χ1) is 16.8. The van der Waals surface area contributed by atoms with Gasteiger partial charge in [0.05, 0.1) is 19.8 Å². The number of carbonyl (C=O) groups is 1. The summed E-state index contributed by atoms with van der Waals surface area (Å²) in [5.74, 6) is 0.557. The number of methoxy groups -OCH3 is 1. The Morgan fingerprint density at radius 1 is 1.17 bits per heavy atom. The topological polar surface area (TPSA) is 75.7 Å².